The van der Waals surface area contributed by atoms with Crippen molar-refractivity contribution in [3.63, 3.8) is 0 Å². The summed E-state index contributed by atoms with van der Waals surface area (Å²) in [5.74, 6) is 1.51. The highest BCUT2D eigenvalue weighted by Crippen LogP contribution is 2.39. The van der Waals surface area contributed by atoms with Gasteiger partial charge in [0.1, 0.15) is 5.82 Å². The molecule has 0 saturated carbocycles. The molecule has 0 N–H and O–H groups in total. The third-order valence-electron chi connectivity index (χ3n) is 4.62. The van der Waals surface area contributed by atoms with Crippen LogP contribution in [0.3, 0.4) is 0 Å². The van der Waals surface area contributed by atoms with E-state index in [0.717, 1.165) is 12.2 Å². The molecule has 2 aliphatic rings. The van der Waals surface area contributed by atoms with Crippen molar-refractivity contribution in [2.75, 3.05) is 13.1 Å². The standard InChI is InChI=1S/C17H27N3/c1-11(2)14-12-8-10-20-9-6-7-13(20)15(12)19-16(18-14)17(3,4)5/h11,13H,6-10H2,1-5H3. The van der Waals surface area contributed by atoms with E-state index in [1.165, 1.54) is 42.9 Å². The van der Waals surface area contributed by atoms with E-state index in [2.05, 4.69) is 39.5 Å². The quantitative estimate of drug-likeness (QED) is 0.783. The summed E-state index contributed by atoms with van der Waals surface area (Å²) in [5, 5.41) is 0. The van der Waals surface area contributed by atoms with Crippen LogP contribution in [-0.4, -0.2) is 28.0 Å². The lowest BCUT2D eigenvalue weighted by molar-refractivity contribution is 0.235. The molecule has 110 valence electrons. The van der Waals surface area contributed by atoms with Crippen LogP contribution in [0.1, 0.15) is 82.2 Å². The zero-order valence-corrected chi connectivity index (χ0v) is 13.5. The number of rotatable bonds is 1. The molecule has 0 aromatic carbocycles. The van der Waals surface area contributed by atoms with E-state index in [9.17, 15) is 0 Å². The second kappa shape index (κ2) is 4.80. The van der Waals surface area contributed by atoms with Gasteiger partial charge in [0.05, 0.1) is 17.4 Å². The van der Waals surface area contributed by atoms with Gasteiger partial charge in [0.15, 0.2) is 0 Å². The summed E-state index contributed by atoms with van der Waals surface area (Å²) in [6.45, 7) is 13.6. The predicted octanol–water partition coefficient (Wildman–Crippen LogP) is 3.59. The molecule has 1 saturated heterocycles. The van der Waals surface area contributed by atoms with E-state index in [-0.39, 0.29) is 5.41 Å². The Bertz CT molecular complexity index is 514. The highest BCUT2D eigenvalue weighted by Gasteiger charge is 2.35. The van der Waals surface area contributed by atoms with Gasteiger partial charge in [-0.3, -0.25) is 4.90 Å². The van der Waals surface area contributed by atoms with Gasteiger partial charge in [0.25, 0.3) is 0 Å². The zero-order valence-electron chi connectivity index (χ0n) is 13.5. The molecule has 20 heavy (non-hydrogen) atoms. The van der Waals surface area contributed by atoms with Gasteiger partial charge in [-0.05, 0) is 37.3 Å². The molecule has 1 aromatic heterocycles. The fourth-order valence-electron chi connectivity index (χ4n) is 3.52. The van der Waals surface area contributed by atoms with Crippen molar-refractivity contribution < 1.29 is 0 Å². The average Bonchev–Trinajstić information content (AvgIpc) is 2.84. The molecule has 1 unspecified atom stereocenters. The summed E-state index contributed by atoms with van der Waals surface area (Å²) in [4.78, 5) is 12.6. The van der Waals surface area contributed by atoms with Crippen molar-refractivity contribution >= 4 is 0 Å². The summed E-state index contributed by atoms with van der Waals surface area (Å²) in [5.41, 5.74) is 4.12. The van der Waals surface area contributed by atoms with E-state index in [4.69, 9.17) is 9.97 Å². The van der Waals surface area contributed by atoms with E-state index >= 15 is 0 Å². The highest BCUT2D eigenvalue weighted by atomic mass is 15.2. The fourth-order valence-corrected chi connectivity index (χ4v) is 3.52. The predicted molar refractivity (Wildman–Crippen MR) is 82.1 cm³/mol. The Morgan fingerprint density at radius 2 is 1.90 bits per heavy atom. The fraction of sp³-hybridized carbons (Fsp3) is 0.765. The van der Waals surface area contributed by atoms with E-state index in [0.29, 0.717) is 12.0 Å². The molecule has 2 aliphatic heterocycles. The molecule has 1 atom stereocenters. The molecule has 3 nitrogen and oxygen atoms in total. The monoisotopic (exact) mass is 273 g/mol. The van der Waals surface area contributed by atoms with Gasteiger partial charge in [0.2, 0.25) is 0 Å². The molecule has 1 fully saturated rings. The minimum Gasteiger partial charge on any atom is -0.294 e. The first-order chi connectivity index (χ1) is 9.38. The van der Waals surface area contributed by atoms with Gasteiger partial charge >= 0.3 is 0 Å². The van der Waals surface area contributed by atoms with Gasteiger partial charge in [0, 0.05) is 12.0 Å². The minimum absolute atomic E-state index is 0.0273. The van der Waals surface area contributed by atoms with Crippen LogP contribution in [0.5, 0.6) is 0 Å². The first-order valence-corrected chi connectivity index (χ1v) is 8.03. The lowest BCUT2D eigenvalue weighted by atomic mass is 9.89. The Hall–Kier alpha value is -0.960. The van der Waals surface area contributed by atoms with E-state index in [1.807, 2.05) is 0 Å². The van der Waals surface area contributed by atoms with Gasteiger partial charge in [-0.25, -0.2) is 9.97 Å². The molecular weight excluding hydrogens is 246 g/mol. The van der Waals surface area contributed by atoms with Gasteiger partial charge in [-0.15, -0.1) is 0 Å². The smallest absolute Gasteiger partial charge is 0.134 e. The first kappa shape index (κ1) is 14.0. The number of hydrogen-bond donors (Lipinski definition) is 0. The van der Waals surface area contributed by atoms with E-state index in [1.54, 1.807) is 0 Å². The maximum Gasteiger partial charge on any atom is 0.134 e. The Morgan fingerprint density at radius 1 is 1.15 bits per heavy atom. The molecule has 3 rings (SSSR count). The molecule has 0 radical (unpaired) electrons. The van der Waals surface area contributed by atoms with Crippen LogP contribution in [-0.2, 0) is 11.8 Å². The number of aromatic nitrogens is 2. The molecule has 0 spiro atoms. The van der Waals surface area contributed by atoms with Crippen molar-refractivity contribution in [3.05, 3.63) is 22.8 Å². The molecule has 3 heteroatoms. The Kier molecular flexibility index (Phi) is 3.36. The van der Waals surface area contributed by atoms with Crippen molar-refractivity contribution in [2.24, 2.45) is 0 Å². The van der Waals surface area contributed by atoms with Gasteiger partial charge < -0.3 is 0 Å². The minimum atomic E-state index is 0.0273. The summed E-state index contributed by atoms with van der Waals surface area (Å²) in [7, 11) is 0. The Morgan fingerprint density at radius 3 is 2.55 bits per heavy atom. The van der Waals surface area contributed by atoms with Crippen LogP contribution in [0.4, 0.5) is 0 Å². The highest BCUT2D eigenvalue weighted by molar-refractivity contribution is 5.34. The molecular formula is C17H27N3. The molecule has 0 aliphatic carbocycles. The molecule has 1 aromatic rings. The van der Waals surface area contributed by atoms with Gasteiger partial charge in [-0.2, -0.15) is 0 Å². The van der Waals surface area contributed by atoms with Crippen LogP contribution in [0.25, 0.3) is 0 Å². The zero-order chi connectivity index (χ0) is 14.5. The Labute approximate surface area is 122 Å². The maximum absolute atomic E-state index is 5.02. The summed E-state index contributed by atoms with van der Waals surface area (Å²) >= 11 is 0. The first-order valence-electron chi connectivity index (χ1n) is 8.03. The topological polar surface area (TPSA) is 29.0 Å². The number of nitrogens with zero attached hydrogens (tertiary/aromatic N) is 3. The number of fused-ring (bicyclic) bond motifs is 3. The maximum atomic E-state index is 5.02. The lowest BCUT2D eigenvalue weighted by Crippen LogP contribution is -2.34. The van der Waals surface area contributed by atoms with Crippen LogP contribution in [0.2, 0.25) is 0 Å². The van der Waals surface area contributed by atoms with Gasteiger partial charge in [-0.1, -0.05) is 34.6 Å². The van der Waals surface area contributed by atoms with Crippen molar-refractivity contribution in [2.45, 2.75) is 71.3 Å². The van der Waals surface area contributed by atoms with Crippen LogP contribution >= 0.6 is 0 Å². The third-order valence-corrected chi connectivity index (χ3v) is 4.62. The largest absolute Gasteiger partial charge is 0.294 e. The van der Waals surface area contributed by atoms with Crippen molar-refractivity contribution in [1.82, 2.24) is 14.9 Å². The van der Waals surface area contributed by atoms with Crippen LogP contribution in [0, 0.1) is 0 Å². The molecule has 0 bridgehead atoms. The van der Waals surface area contributed by atoms with E-state index < -0.39 is 0 Å². The number of hydrogen-bond acceptors (Lipinski definition) is 3. The normalized spacial score (nSPS) is 23.0. The molecule has 3 heterocycles. The third kappa shape index (κ3) is 2.26. The summed E-state index contributed by atoms with van der Waals surface area (Å²) in [6, 6.07) is 0.556. The summed E-state index contributed by atoms with van der Waals surface area (Å²) in [6.07, 6.45) is 3.71. The van der Waals surface area contributed by atoms with Crippen LogP contribution in [0.15, 0.2) is 0 Å². The summed E-state index contributed by atoms with van der Waals surface area (Å²) < 4.78 is 0. The second-order valence-corrected chi connectivity index (χ2v) is 7.64. The van der Waals surface area contributed by atoms with Crippen LogP contribution < -0.4 is 0 Å². The SMILES string of the molecule is CC(C)c1nc(C(C)(C)C)nc2c1CCN1CCCC21. The lowest BCUT2D eigenvalue weighted by Gasteiger charge is -2.33. The average molecular weight is 273 g/mol. The van der Waals surface area contributed by atoms with Crippen molar-refractivity contribution in [1.29, 1.82) is 0 Å². The van der Waals surface area contributed by atoms with Crippen molar-refractivity contribution in [3.8, 4) is 0 Å². The Balaban J connectivity index is 2.16. The second-order valence-electron chi connectivity index (χ2n) is 7.64. The molecule has 0 amide bonds.